The average molecular weight is 302 g/mol. The minimum absolute atomic E-state index is 0.503. The van der Waals surface area contributed by atoms with E-state index in [9.17, 15) is 5.11 Å². The van der Waals surface area contributed by atoms with Gasteiger partial charge in [-0.1, -0.05) is 12.1 Å². The summed E-state index contributed by atoms with van der Waals surface area (Å²) in [6.07, 6.45) is 0.604. The Morgan fingerprint density at radius 1 is 1.41 bits per heavy atom. The molecule has 0 radical (unpaired) electrons. The Balaban J connectivity index is 2.68. The fourth-order valence-corrected chi connectivity index (χ4v) is 1.97. The summed E-state index contributed by atoms with van der Waals surface area (Å²) in [5.41, 5.74) is 0.419. The monoisotopic (exact) mass is 301 g/mol. The van der Waals surface area contributed by atoms with Crippen molar-refractivity contribution in [3.05, 3.63) is 28.2 Å². The minimum atomic E-state index is -0.690. The Hall–Kier alpha value is -0.580. The van der Waals surface area contributed by atoms with Gasteiger partial charge in [-0.15, -0.1) is 0 Å². The molecule has 2 N–H and O–H groups in total. The molecule has 0 saturated heterocycles. The molecule has 1 aromatic carbocycles. The molecule has 1 aromatic rings. The minimum Gasteiger partial charge on any atom is -0.492 e. The van der Waals surface area contributed by atoms with E-state index in [1.165, 1.54) is 0 Å². The molecular weight excluding hydrogens is 282 g/mol. The van der Waals surface area contributed by atoms with Gasteiger partial charge >= 0.3 is 0 Å². The van der Waals surface area contributed by atoms with Crippen LogP contribution in [0.25, 0.3) is 0 Å². The lowest BCUT2D eigenvalue weighted by atomic mass is 10.1. The third kappa shape index (κ3) is 5.06. The molecule has 0 saturated carbocycles. The molecule has 17 heavy (non-hydrogen) atoms. The quantitative estimate of drug-likeness (QED) is 0.849. The molecule has 0 bridgehead atoms. The molecule has 4 heteroatoms. The molecule has 0 aromatic heterocycles. The molecule has 0 aliphatic heterocycles. The van der Waals surface area contributed by atoms with Crippen molar-refractivity contribution in [3.8, 4) is 5.75 Å². The van der Waals surface area contributed by atoms with Crippen LogP contribution in [0, 0.1) is 0 Å². The SMILES string of the molecule is CNCc1cccc(Br)c1OCCC(C)(C)O. The second-order valence-corrected chi connectivity index (χ2v) is 5.52. The van der Waals surface area contributed by atoms with Crippen LogP contribution in [0.15, 0.2) is 22.7 Å². The number of aliphatic hydroxyl groups is 1. The van der Waals surface area contributed by atoms with Crippen molar-refractivity contribution >= 4 is 15.9 Å². The number of benzene rings is 1. The van der Waals surface area contributed by atoms with Crippen molar-refractivity contribution in [1.29, 1.82) is 0 Å². The molecule has 0 heterocycles. The largest absolute Gasteiger partial charge is 0.492 e. The lowest BCUT2D eigenvalue weighted by Crippen LogP contribution is -2.22. The van der Waals surface area contributed by atoms with E-state index < -0.39 is 5.60 Å². The zero-order valence-corrected chi connectivity index (χ0v) is 12.2. The first-order chi connectivity index (χ1) is 7.94. The van der Waals surface area contributed by atoms with Gasteiger partial charge in [0.1, 0.15) is 5.75 Å². The lowest BCUT2D eigenvalue weighted by Gasteiger charge is -2.19. The van der Waals surface area contributed by atoms with E-state index in [1.807, 2.05) is 25.2 Å². The number of hydrogen-bond acceptors (Lipinski definition) is 3. The summed E-state index contributed by atoms with van der Waals surface area (Å²) in [6, 6.07) is 5.97. The van der Waals surface area contributed by atoms with E-state index in [0.717, 1.165) is 22.3 Å². The smallest absolute Gasteiger partial charge is 0.137 e. The molecule has 0 fully saturated rings. The molecule has 3 nitrogen and oxygen atoms in total. The van der Waals surface area contributed by atoms with Gasteiger partial charge in [0.2, 0.25) is 0 Å². The summed E-state index contributed by atoms with van der Waals surface area (Å²) in [6.45, 7) is 4.83. The third-order valence-corrected chi connectivity index (χ3v) is 3.00. The molecule has 0 unspecified atom stereocenters. The van der Waals surface area contributed by atoms with Crippen molar-refractivity contribution < 1.29 is 9.84 Å². The van der Waals surface area contributed by atoms with Crippen LogP contribution in [0.1, 0.15) is 25.8 Å². The number of rotatable bonds is 6. The predicted octanol–water partition coefficient (Wildman–Crippen LogP) is 2.71. The van der Waals surface area contributed by atoms with E-state index in [4.69, 9.17) is 4.74 Å². The Labute approximate surface area is 111 Å². The van der Waals surface area contributed by atoms with Gasteiger partial charge in [0.15, 0.2) is 0 Å². The van der Waals surface area contributed by atoms with Crippen molar-refractivity contribution in [1.82, 2.24) is 5.32 Å². The van der Waals surface area contributed by atoms with Gasteiger partial charge < -0.3 is 15.2 Å². The summed E-state index contributed by atoms with van der Waals surface area (Å²) in [5.74, 6) is 0.853. The van der Waals surface area contributed by atoms with E-state index >= 15 is 0 Å². The number of hydrogen-bond donors (Lipinski definition) is 2. The van der Waals surface area contributed by atoms with Crippen LogP contribution < -0.4 is 10.1 Å². The molecule has 0 spiro atoms. The Morgan fingerprint density at radius 3 is 2.71 bits per heavy atom. The predicted molar refractivity (Wildman–Crippen MR) is 73.3 cm³/mol. The number of halogens is 1. The van der Waals surface area contributed by atoms with Gasteiger partial charge in [-0.2, -0.15) is 0 Å². The van der Waals surface area contributed by atoms with E-state index in [1.54, 1.807) is 13.8 Å². The first kappa shape index (κ1) is 14.5. The molecular formula is C13H20BrNO2. The lowest BCUT2D eigenvalue weighted by molar-refractivity contribution is 0.0551. The highest BCUT2D eigenvalue weighted by Gasteiger charge is 2.14. The van der Waals surface area contributed by atoms with Crippen molar-refractivity contribution in [2.45, 2.75) is 32.4 Å². The summed E-state index contributed by atoms with van der Waals surface area (Å²) in [4.78, 5) is 0. The summed E-state index contributed by atoms with van der Waals surface area (Å²) < 4.78 is 6.69. The van der Waals surface area contributed by atoms with Crippen LogP contribution in [-0.4, -0.2) is 24.4 Å². The first-order valence-electron chi connectivity index (χ1n) is 5.71. The molecule has 0 atom stereocenters. The maximum Gasteiger partial charge on any atom is 0.137 e. The molecule has 96 valence electrons. The standard InChI is InChI=1S/C13H20BrNO2/c1-13(2,16)7-8-17-12-10(9-15-3)5-4-6-11(12)14/h4-6,15-16H,7-9H2,1-3H3. The third-order valence-electron chi connectivity index (χ3n) is 2.38. The van der Waals surface area contributed by atoms with Gasteiger partial charge in [0.05, 0.1) is 16.7 Å². The summed E-state index contributed by atoms with van der Waals surface area (Å²) >= 11 is 3.48. The topological polar surface area (TPSA) is 41.5 Å². The van der Waals surface area contributed by atoms with Gasteiger partial charge in [0, 0.05) is 18.5 Å². The van der Waals surface area contributed by atoms with E-state index in [-0.39, 0.29) is 0 Å². The molecule has 1 rings (SSSR count). The van der Waals surface area contributed by atoms with E-state index in [0.29, 0.717) is 13.0 Å². The Bertz CT molecular complexity index is 361. The normalized spacial score (nSPS) is 11.6. The summed E-state index contributed by atoms with van der Waals surface area (Å²) in [7, 11) is 1.90. The van der Waals surface area contributed by atoms with Crippen LogP contribution in [0.3, 0.4) is 0 Å². The van der Waals surface area contributed by atoms with Gasteiger partial charge in [0.25, 0.3) is 0 Å². The molecule has 0 aliphatic carbocycles. The highest BCUT2D eigenvalue weighted by Crippen LogP contribution is 2.29. The van der Waals surface area contributed by atoms with Crippen LogP contribution in [0.2, 0.25) is 0 Å². The molecule has 0 amide bonds. The van der Waals surface area contributed by atoms with Gasteiger partial charge in [-0.25, -0.2) is 0 Å². The Morgan fingerprint density at radius 2 is 2.12 bits per heavy atom. The van der Waals surface area contributed by atoms with Gasteiger partial charge in [-0.05, 0) is 42.9 Å². The van der Waals surface area contributed by atoms with E-state index in [2.05, 4.69) is 21.2 Å². The van der Waals surface area contributed by atoms with Crippen LogP contribution in [0.5, 0.6) is 5.75 Å². The zero-order chi connectivity index (χ0) is 12.9. The van der Waals surface area contributed by atoms with Crippen LogP contribution >= 0.6 is 15.9 Å². The highest BCUT2D eigenvalue weighted by molar-refractivity contribution is 9.10. The zero-order valence-electron chi connectivity index (χ0n) is 10.6. The highest BCUT2D eigenvalue weighted by atomic mass is 79.9. The number of ether oxygens (including phenoxy) is 1. The van der Waals surface area contributed by atoms with Crippen LogP contribution in [-0.2, 0) is 6.54 Å². The van der Waals surface area contributed by atoms with Crippen molar-refractivity contribution in [3.63, 3.8) is 0 Å². The first-order valence-corrected chi connectivity index (χ1v) is 6.50. The molecule has 0 aliphatic rings. The van der Waals surface area contributed by atoms with Crippen molar-refractivity contribution in [2.75, 3.05) is 13.7 Å². The fraction of sp³-hybridized carbons (Fsp3) is 0.538. The maximum absolute atomic E-state index is 9.63. The maximum atomic E-state index is 9.63. The average Bonchev–Trinajstić information content (AvgIpc) is 2.21. The fourth-order valence-electron chi connectivity index (χ4n) is 1.45. The Kier molecular flexibility index (Phi) is 5.43. The van der Waals surface area contributed by atoms with Crippen molar-refractivity contribution in [2.24, 2.45) is 0 Å². The van der Waals surface area contributed by atoms with Crippen LogP contribution in [0.4, 0.5) is 0 Å². The second-order valence-electron chi connectivity index (χ2n) is 4.67. The number of nitrogens with one attached hydrogen (secondary N) is 1. The summed E-state index contributed by atoms with van der Waals surface area (Å²) in [5, 5.41) is 12.7. The number of para-hydroxylation sites is 1. The van der Waals surface area contributed by atoms with Gasteiger partial charge in [-0.3, -0.25) is 0 Å². The second kappa shape index (κ2) is 6.38.